The summed E-state index contributed by atoms with van der Waals surface area (Å²) in [5.74, 6) is 0.171. The zero-order valence-corrected chi connectivity index (χ0v) is 10.5. The molecule has 0 saturated heterocycles. The van der Waals surface area contributed by atoms with Crippen LogP contribution in [-0.4, -0.2) is 23.5 Å². The van der Waals surface area contributed by atoms with Gasteiger partial charge in [-0.3, -0.25) is 4.79 Å². The Bertz CT molecular complexity index is 275. The summed E-state index contributed by atoms with van der Waals surface area (Å²) in [6.07, 6.45) is 6.38. The minimum absolute atomic E-state index is 0.00740. The highest BCUT2D eigenvalue weighted by Crippen LogP contribution is 2.28. The molecule has 0 spiro atoms. The molecular weight excluding hydrogens is 218 g/mol. The Labute approximate surface area is 102 Å². The molecule has 0 radical (unpaired) electrons. The monoisotopic (exact) mass is 241 g/mol. The van der Waals surface area contributed by atoms with Gasteiger partial charge in [-0.05, 0) is 18.8 Å². The Morgan fingerprint density at radius 3 is 2.76 bits per heavy atom. The molecule has 0 bridgehead atoms. The van der Waals surface area contributed by atoms with Gasteiger partial charge in [0.2, 0.25) is 5.91 Å². The summed E-state index contributed by atoms with van der Waals surface area (Å²) < 4.78 is 0. The molecule has 5 nitrogen and oxygen atoms in total. The maximum atomic E-state index is 11.8. The number of rotatable bonds is 7. The highest BCUT2D eigenvalue weighted by Gasteiger charge is 2.23. The number of nitrogens with two attached hydrogens (primary N) is 1. The van der Waals surface area contributed by atoms with Gasteiger partial charge in [-0.25, -0.2) is 0 Å². The predicted molar refractivity (Wildman–Crippen MR) is 66.8 cm³/mol. The van der Waals surface area contributed by atoms with Crippen LogP contribution < -0.4 is 11.1 Å². The van der Waals surface area contributed by atoms with Crippen LogP contribution in [-0.2, 0) is 4.79 Å². The fraction of sp³-hybridized carbons (Fsp3) is 0.833. The Morgan fingerprint density at radius 1 is 1.59 bits per heavy atom. The van der Waals surface area contributed by atoms with Gasteiger partial charge >= 0.3 is 0 Å². The average molecular weight is 241 g/mol. The SMILES string of the molecule is CCCC(C(=O)NCCC1CCC1)C(N)=NO. The lowest BCUT2D eigenvalue weighted by Gasteiger charge is -2.25. The third kappa shape index (κ3) is 4.24. The minimum Gasteiger partial charge on any atom is -0.409 e. The number of carbonyl (C=O) groups excluding carboxylic acids is 1. The van der Waals surface area contributed by atoms with Crippen LogP contribution in [0.25, 0.3) is 0 Å². The number of hydrogen-bond donors (Lipinski definition) is 3. The van der Waals surface area contributed by atoms with Gasteiger partial charge in [0.05, 0.1) is 5.92 Å². The molecule has 17 heavy (non-hydrogen) atoms. The Kier molecular flexibility index (Phi) is 5.80. The van der Waals surface area contributed by atoms with Gasteiger partial charge in [-0.15, -0.1) is 0 Å². The van der Waals surface area contributed by atoms with Gasteiger partial charge in [0, 0.05) is 6.54 Å². The van der Waals surface area contributed by atoms with Gasteiger partial charge in [-0.2, -0.15) is 0 Å². The molecule has 0 aromatic carbocycles. The van der Waals surface area contributed by atoms with E-state index < -0.39 is 5.92 Å². The van der Waals surface area contributed by atoms with E-state index in [2.05, 4.69) is 10.5 Å². The van der Waals surface area contributed by atoms with Gasteiger partial charge in [0.25, 0.3) is 0 Å². The van der Waals surface area contributed by atoms with E-state index in [9.17, 15) is 4.79 Å². The number of hydrogen-bond acceptors (Lipinski definition) is 3. The quantitative estimate of drug-likeness (QED) is 0.273. The second-order valence-corrected chi connectivity index (χ2v) is 4.74. The largest absolute Gasteiger partial charge is 0.409 e. The molecule has 1 saturated carbocycles. The number of nitrogens with zero attached hydrogens (tertiary/aromatic N) is 1. The Balaban J connectivity index is 2.30. The summed E-state index contributed by atoms with van der Waals surface area (Å²) in [5.41, 5.74) is 5.51. The van der Waals surface area contributed by atoms with E-state index in [4.69, 9.17) is 10.9 Å². The van der Waals surface area contributed by atoms with E-state index in [1.54, 1.807) is 0 Å². The molecule has 1 rings (SSSR count). The highest BCUT2D eigenvalue weighted by atomic mass is 16.4. The fourth-order valence-corrected chi connectivity index (χ4v) is 2.08. The molecule has 1 unspecified atom stereocenters. The van der Waals surface area contributed by atoms with Crippen molar-refractivity contribution < 1.29 is 10.0 Å². The summed E-state index contributed by atoms with van der Waals surface area (Å²) >= 11 is 0. The van der Waals surface area contributed by atoms with E-state index in [-0.39, 0.29) is 11.7 Å². The molecule has 1 amide bonds. The molecule has 1 fully saturated rings. The number of nitrogens with one attached hydrogen (secondary N) is 1. The van der Waals surface area contributed by atoms with Gasteiger partial charge in [-0.1, -0.05) is 37.8 Å². The summed E-state index contributed by atoms with van der Waals surface area (Å²) in [4.78, 5) is 11.8. The van der Waals surface area contributed by atoms with E-state index in [1.807, 2.05) is 6.92 Å². The van der Waals surface area contributed by atoms with Crippen molar-refractivity contribution in [2.45, 2.75) is 45.4 Å². The van der Waals surface area contributed by atoms with Crippen LogP contribution >= 0.6 is 0 Å². The van der Waals surface area contributed by atoms with Crippen LogP contribution in [0.3, 0.4) is 0 Å². The number of amides is 1. The highest BCUT2D eigenvalue weighted by molar-refractivity contribution is 6.01. The molecule has 0 aliphatic heterocycles. The summed E-state index contributed by atoms with van der Waals surface area (Å²) in [7, 11) is 0. The molecular formula is C12H23N3O2. The van der Waals surface area contributed by atoms with Crippen molar-refractivity contribution in [1.82, 2.24) is 5.32 Å². The van der Waals surface area contributed by atoms with Crippen molar-refractivity contribution in [3.05, 3.63) is 0 Å². The molecule has 1 aliphatic carbocycles. The predicted octanol–water partition coefficient (Wildman–Crippen LogP) is 1.46. The molecule has 0 aromatic heterocycles. The average Bonchev–Trinajstić information content (AvgIpc) is 2.28. The second kappa shape index (κ2) is 7.14. The van der Waals surface area contributed by atoms with Crippen molar-refractivity contribution in [2.75, 3.05) is 6.54 Å². The van der Waals surface area contributed by atoms with Crippen LogP contribution in [0, 0.1) is 11.8 Å². The lowest BCUT2D eigenvalue weighted by Crippen LogP contribution is -2.39. The molecule has 98 valence electrons. The first-order chi connectivity index (χ1) is 8.19. The zero-order valence-electron chi connectivity index (χ0n) is 10.5. The molecule has 1 atom stereocenters. The first kappa shape index (κ1) is 13.8. The molecule has 4 N–H and O–H groups in total. The third-order valence-corrected chi connectivity index (χ3v) is 3.44. The maximum absolute atomic E-state index is 11.8. The summed E-state index contributed by atoms with van der Waals surface area (Å²) in [6.45, 7) is 2.67. The summed E-state index contributed by atoms with van der Waals surface area (Å²) in [6, 6.07) is 0. The Hall–Kier alpha value is -1.26. The molecule has 1 aliphatic rings. The lowest BCUT2D eigenvalue weighted by atomic mass is 9.83. The van der Waals surface area contributed by atoms with Crippen LogP contribution in [0.1, 0.15) is 45.4 Å². The van der Waals surface area contributed by atoms with Gasteiger partial charge in [0.1, 0.15) is 0 Å². The fourth-order valence-electron chi connectivity index (χ4n) is 2.08. The number of oxime groups is 1. The molecule has 0 heterocycles. The molecule has 0 aromatic rings. The van der Waals surface area contributed by atoms with E-state index >= 15 is 0 Å². The van der Waals surface area contributed by atoms with Crippen LogP contribution in [0.4, 0.5) is 0 Å². The minimum atomic E-state index is -0.494. The van der Waals surface area contributed by atoms with Crippen molar-refractivity contribution in [2.24, 2.45) is 22.7 Å². The van der Waals surface area contributed by atoms with Crippen molar-refractivity contribution >= 4 is 11.7 Å². The van der Waals surface area contributed by atoms with Crippen molar-refractivity contribution in [3.63, 3.8) is 0 Å². The van der Waals surface area contributed by atoms with Gasteiger partial charge < -0.3 is 16.3 Å². The van der Waals surface area contributed by atoms with Crippen molar-refractivity contribution in [3.8, 4) is 0 Å². The zero-order chi connectivity index (χ0) is 12.7. The van der Waals surface area contributed by atoms with Crippen LogP contribution in [0.5, 0.6) is 0 Å². The molecule has 5 heteroatoms. The second-order valence-electron chi connectivity index (χ2n) is 4.74. The maximum Gasteiger partial charge on any atom is 0.230 e. The smallest absolute Gasteiger partial charge is 0.230 e. The standard InChI is InChI=1S/C12H23N3O2/c1-2-4-10(11(13)15-17)12(16)14-8-7-9-5-3-6-9/h9-10,17H,2-8H2,1H3,(H2,13,15)(H,14,16). The lowest BCUT2D eigenvalue weighted by molar-refractivity contribution is -0.123. The number of amidine groups is 1. The first-order valence-electron chi connectivity index (χ1n) is 6.44. The first-order valence-corrected chi connectivity index (χ1v) is 6.44. The topological polar surface area (TPSA) is 87.7 Å². The number of carbonyl (C=O) groups is 1. The van der Waals surface area contributed by atoms with E-state index in [0.29, 0.717) is 13.0 Å². The van der Waals surface area contributed by atoms with E-state index in [1.165, 1.54) is 19.3 Å². The van der Waals surface area contributed by atoms with Crippen molar-refractivity contribution in [1.29, 1.82) is 0 Å². The third-order valence-electron chi connectivity index (χ3n) is 3.44. The van der Waals surface area contributed by atoms with Crippen LogP contribution in [0.15, 0.2) is 5.16 Å². The Morgan fingerprint density at radius 2 is 2.29 bits per heavy atom. The van der Waals surface area contributed by atoms with Crippen LogP contribution in [0.2, 0.25) is 0 Å². The van der Waals surface area contributed by atoms with E-state index in [0.717, 1.165) is 18.8 Å². The summed E-state index contributed by atoms with van der Waals surface area (Å²) in [5, 5.41) is 14.4. The normalized spacial score (nSPS) is 18.5. The van der Waals surface area contributed by atoms with Gasteiger partial charge in [0.15, 0.2) is 5.84 Å².